The van der Waals surface area contributed by atoms with Crippen LogP contribution < -0.4 is 5.32 Å². The van der Waals surface area contributed by atoms with Crippen LogP contribution in [0.1, 0.15) is 51.6 Å². The average Bonchev–Trinajstić information content (AvgIpc) is 2.45. The van der Waals surface area contributed by atoms with Gasteiger partial charge in [-0.2, -0.15) is 0 Å². The lowest BCUT2D eigenvalue weighted by Crippen LogP contribution is -2.37. The number of hydrogen-bond donors (Lipinski definition) is 2. The van der Waals surface area contributed by atoms with Crippen LogP contribution in [0.4, 0.5) is 0 Å². The SMILES string of the molecule is CCC(CC)(CC(=O)N[C@@H](C)c1ccncc1)C(=O)O. The number of carboxylic acid groups (broad SMARTS) is 1. The van der Waals surface area contributed by atoms with Gasteiger partial charge in [0.2, 0.25) is 5.91 Å². The summed E-state index contributed by atoms with van der Waals surface area (Å²) in [4.78, 5) is 27.4. The van der Waals surface area contributed by atoms with Gasteiger partial charge in [0.25, 0.3) is 0 Å². The molecule has 0 spiro atoms. The van der Waals surface area contributed by atoms with Gasteiger partial charge in [-0.25, -0.2) is 0 Å². The fourth-order valence-electron chi connectivity index (χ4n) is 2.21. The zero-order valence-electron chi connectivity index (χ0n) is 12.2. The summed E-state index contributed by atoms with van der Waals surface area (Å²) in [6, 6.07) is 3.50. The highest BCUT2D eigenvalue weighted by molar-refractivity contribution is 5.85. The molecule has 0 saturated carbocycles. The summed E-state index contributed by atoms with van der Waals surface area (Å²) in [5, 5.41) is 12.2. The molecule has 0 aliphatic carbocycles. The van der Waals surface area contributed by atoms with Crippen LogP contribution in [0.5, 0.6) is 0 Å². The smallest absolute Gasteiger partial charge is 0.310 e. The summed E-state index contributed by atoms with van der Waals surface area (Å²) in [5.74, 6) is -1.14. The van der Waals surface area contributed by atoms with Crippen molar-refractivity contribution in [2.45, 2.75) is 46.1 Å². The van der Waals surface area contributed by atoms with E-state index in [1.54, 1.807) is 26.2 Å². The van der Waals surface area contributed by atoms with E-state index in [1.807, 2.05) is 19.1 Å². The Hall–Kier alpha value is -1.91. The second-order valence-electron chi connectivity index (χ2n) is 5.04. The third kappa shape index (κ3) is 3.79. The lowest BCUT2D eigenvalue weighted by atomic mass is 9.79. The van der Waals surface area contributed by atoms with Crippen molar-refractivity contribution in [2.24, 2.45) is 5.41 Å². The van der Waals surface area contributed by atoms with Gasteiger partial charge in [0, 0.05) is 18.8 Å². The molecule has 1 atom stereocenters. The Labute approximate surface area is 119 Å². The summed E-state index contributed by atoms with van der Waals surface area (Å²) in [6.45, 7) is 5.47. The van der Waals surface area contributed by atoms with Gasteiger partial charge in [0.05, 0.1) is 11.5 Å². The van der Waals surface area contributed by atoms with Crippen molar-refractivity contribution in [3.05, 3.63) is 30.1 Å². The minimum absolute atomic E-state index is 0.00472. The van der Waals surface area contributed by atoms with Gasteiger partial charge in [0.15, 0.2) is 0 Å². The van der Waals surface area contributed by atoms with Crippen LogP contribution >= 0.6 is 0 Å². The van der Waals surface area contributed by atoms with Crippen molar-refractivity contribution < 1.29 is 14.7 Å². The molecule has 0 radical (unpaired) electrons. The van der Waals surface area contributed by atoms with Crippen molar-refractivity contribution in [1.82, 2.24) is 10.3 Å². The zero-order valence-corrected chi connectivity index (χ0v) is 12.2. The Balaban J connectivity index is 2.70. The molecule has 1 amide bonds. The molecule has 110 valence electrons. The normalized spacial score (nSPS) is 12.8. The Morgan fingerprint density at radius 3 is 2.30 bits per heavy atom. The molecule has 1 aromatic rings. The van der Waals surface area contributed by atoms with Crippen molar-refractivity contribution >= 4 is 11.9 Å². The van der Waals surface area contributed by atoms with E-state index in [1.165, 1.54) is 0 Å². The van der Waals surface area contributed by atoms with Gasteiger partial charge in [-0.05, 0) is 37.5 Å². The van der Waals surface area contributed by atoms with Gasteiger partial charge < -0.3 is 10.4 Å². The maximum Gasteiger partial charge on any atom is 0.310 e. The van der Waals surface area contributed by atoms with E-state index in [0.29, 0.717) is 12.8 Å². The number of aliphatic carboxylic acids is 1. The predicted octanol–water partition coefficient (Wildman–Crippen LogP) is 2.54. The molecule has 0 aromatic carbocycles. The molecule has 0 bridgehead atoms. The lowest BCUT2D eigenvalue weighted by molar-refractivity contribution is -0.152. The number of nitrogens with one attached hydrogen (secondary N) is 1. The molecule has 0 fully saturated rings. The fourth-order valence-corrected chi connectivity index (χ4v) is 2.21. The van der Waals surface area contributed by atoms with Crippen molar-refractivity contribution in [2.75, 3.05) is 0 Å². The first-order valence-corrected chi connectivity index (χ1v) is 6.88. The Morgan fingerprint density at radius 1 is 1.30 bits per heavy atom. The number of carbonyl (C=O) groups excluding carboxylic acids is 1. The number of aromatic nitrogens is 1. The number of rotatable bonds is 7. The number of hydrogen-bond acceptors (Lipinski definition) is 3. The first-order valence-electron chi connectivity index (χ1n) is 6.88. The molecule has 1 aromatic heterocycles. The molecule has 1 heterocycles. The molecular formula is C15H22N2O3. The quantitative estimate of drug-likeness (QED) is 0.803. The summed E-state index contributed by atoms with van der Waals surface area (Å²) >= 11 is 0. The Bertz CT molecular complexity index is 455. The first kappa shape index (κ1) is 16.1. The van der Waals surface area contributed by atoms with Crippen molar-refractivity contribution in [3.63, 3.8) is 0 Å². The lowest BCUT2D eigenvalue weighted by Gasteiger charge is -2.26. The highest BCUT2D eigenvalue weighted by Gasteiger charge is 2.37. The third-order valence-electron chi connectivity index (χ3n) is 3.89. The van der Waals surface area contributed by atoms with Crippen LogP contribution in [0, 0.1) is 5.41 Å². The van der Waals surface area contributed by atoms with E-state index in [2.05, 4.69) is 10.3 Å². The number of pyridine rings is 1. The molecule has 0 aliphatic heterocycles. The predicted molar refractivity (Wildman–Crippen MR) is 76.1 cm³/mol. The van der Waals surface area contributed by atoms with E-state index in [4.69, 9.17) is 0 Å². The van der Waals surface area contributed by atoms with Crippen LogP contribution in [0.15, 0.2) is 24.5 Å². The van der Waals surface area contributed by atoms with Crippen LogP contribution in [0.3, 0.4) is 0 Å². The molecule has 1 rings (SSSR count). The molecule has 5 heteroatoms. The van der Waals surface area contributed by atoms with E-state index in [9.17, 15) is 14.7 Å². The highest BCUT2D eigenvalue weighted by Crippen LogP contribution is 2.31. The third-order valence-corrected chi connectivity index (χ3v) is 3.89. The topological polar surface area (TPSA) is 79.3 Å². The van der Waals surface area contributed by atoms with Crippen molar-refractivity contribution in [1.29, 1.82) is 0 Å². The van der Waals surface area contributed by atoms with Gasteiger partial charge in [0.1, 0.15) is 0 Å². The van der Waals surface area contributed by atoms with Crippen LogP contribution in [0.2, 0.25) is 0 Å². The van der Waals surface area contributed by atoms with Crippen LogP contribution in [-0.4, -0.2) is 22.0 Å². The average molecular weight is 278 g/mol. The molecule has 0 aliphatic rings. The van der Waals surface area contributed by atoms with E-state index < -0.39 is 11.4 Å². The maximum absolute atomic E-state index is 12.1. The van der Waals surface area contributed by atoms with E-state index >= 15 is 0 Å². The van der Waals surface area contributed by atoms with Gasteiger partial charge in [-0.15, -0.1) is 0 Å². The fraction of sp³-hybridized carbons (Fsp3) is 0.533. The molecule has 2 N–H and O–H groups in total. The summed E-state index contributed by atoms with van der Waals surface area (Å²) in [5.41, 5.74) is -0.0236. The van der Waals surface area contributed by atoms with Gasteiger partial charge >= 0.3 is 5.97 Å². The number of carbonyl (C=O) groups is 2. The first-order chi connectivity index (χ1) is 9.45. The monoisotopic (exact) mass is 278 g/mol. The zero-order chi connectivity index (χ0) is 15.2. The standard InChI is InChI=1S/C15H22N2O3/c1-4-15(5-2,14(19)20)10-13(18)17-11(3)12-6-8-16-9-7-12/h6-9,11H,4-5,10H2,1-3H3,(H,17,18)(H,19,20)/t11-/m0/s1. The molecular weight excluding hydrogens is 256 g/mol. The highest BCUT2D eigenvalue weighted by atomic mass is 16.4. The molecule has 5 nitrogen and oxygen atoms in total. The summed E-state index contributed by atoms with van der Waals surface area (Å²) in [7, 11) is 0. The minimum atomic E-state index is -0.970. The summed E-state index contributed by atoms with van der Waals surface area (Å²) in [6.07, 6.45) is 4.21. The maximum atomic E-state index is 12.1. The Morgan fingerprint density at radius 2 is 1.85 bits per heavy atom. The van der Waals surface area contributed by atoms with Crippen LogP contribution in [0.25, 0.3) is 0 Å². The Kier molecular flexibility index (Phi) is 5.67. The van der Waals surface area contributed by atoms with Crippen molar-refractivity contribution in [3.8, 4) is 0 Å². The van der Waals surface area contributed by atoms with Gasteiger partial charge in [-0.1, -0.05) is 13.8 Å². The minimum Gasteiger partial charge on any atom is -0.481 e. The van der Waals surface area contributed by atoms with E-state index in [-0.39, 0.29) is 18.4 Å². The van der Waals surface area contributed by atoms with E-state index in [0.717, 1.165) is 5.56 Å². The molecule has 0 saturated heterocycles. The second kappa shape index (κ2) is 7.03. The summed E-state index contributed by atoms with van der Waals surface area (Å²) < 4.78 is 0. The number of nitrogens with zero attached hydrogens (tertiary/aromatic N) is 1. The van der Waals surface area contributed by atoms with Crippen LogP contribution in [-0.2, 0) is 9.59 Å². The largest absolute Gasteiger partial charge is 0.481 e. The number of carboxylic acids is 1. The molecule has 20 heavy (non-hydrogen) atoms. The second-order valence-corrected chi connectivity index (χ2v) is 5.04. The molecule has 0 unspecified atom stereocenters. The van der Waals surface area contributed by atoms with Gasteiger partial charge in [-0.3, -0.25) is 14.6 Å². The number of amides is 1.